The van der Waals surface area contributed by atoms with E-state index in [0.29, 0.717) is 10.0 Å². The molecule has 0 unspecified atom stereocenters. The van der Waals surface area contributed by atoms with Crippen LogP contribution in [0.15, 0.2) is 23.1 Å². The quantitative estimate of drug-likeness (QED) is 0.867. The molecule has 3 rings (SSSR count). The van der Waals surface area contributed by atoms with Crippen molar-refractivity contribution in [2.45, 2.75) is 50.8 Å². The van der Waals surface area contributed by atoms with Crippen LogP contribution in [0.1, 0.15) is 41.0 Å². The Morgan fingerprint density at radius 1 is 1.14 bits per heavy atom. The first kappa shape index (κ1) is 15.5. The molecule has 0 saturated carbocycles. The first-order valence-electron chi connectivity index (χ1n) is 7.54. The third-order valence-corrected chi connectivity index (χ3v) is 6.63. The van der Waals surface area contributed by atoms with Gasteiger partial charge in [-0.05, 0) is 56.7 Å². The molecule has 1 heterocycles. The maximum atomic E-state index is 12.6. The van der Waals surface area contributed by atoms with Gasteiger partial charge in [-0.2, -0.15) is 0 Å². The van der Waals surface area contributed by atoms with E-state index in [1.54, 1.807) is 6.07 Å². The molecule has 1 N–H and O–H groups in total. The molecule has 2 aromatic rings. The minimum Gasteiger partial charge on any atom is -0.255 e. The van der Waals surface area contributed by atoms with Gasteiger partial charge in [0, 0.05) is 4.88 Å². The molecule has 6 heteroatoms. The number of aryl methyl sites for hydroxylation is 4. The van der Waals surface area contributed by atoms with Crippen molar-refractivity contribution in [3.8, 4) is 0 Å². The molecule has 0 aliphatic heterocycles. The van der Waals surface area contributed by atoms with Crippen LogP contribution >= 0.6 is 11.3 Å². The van der Waals surface area contributed by atoms with Gasteiger partial charge in [0.05, 0.1) is 10.6 Å². The molecule has 0 spiro atoms. The third-order valence-electron chi connectivity index (χ3n) is 3.95. The van der Waals surface area contributed by atoms with Crippen molar-refractivity contribution in [3.63, 3.8) is 0 Å². The summed E-state index contributed by atoms with van der Waals surface area (Å²) in [5.74, 6) is 0. The average Bonchev–Trinajstić information content (AvgIpc) is 2.69. The summed E-state index contributed by atoms with van der Waals surface area (Å²) in [6.45, 7) is 3.70. The number of anilines is 1. The second-order valence-corrected chi connectivity index (χ2v) is 8.56. The number of aromatic nitrogens is 1. The molecule has 22 heavy (non-hydrogen) atoms. The van der Waals surface area contributed by atoms with Crippen LogP contribution in [-0.2, 0) is 22.9 Å². The number of sulfonamides is 1. The standard InChI is InChI=1S/C16H20N2O2S2/c1-11-8-9-12(2)15(10-11)22(19,20)18-16-17-13-6-4-3-5-7-14(13)21-16/h8-10H,3-7H2,1-2H3,(H,17,18). The Bertz CT molecular complexity index is 771. The lowest BCUT2D eigenvalue weighted by atomic mass is 10.2. The highest BCUT2D eigenvalue weighted by atomic mass is 32.2. The molecule has 0 fully saturated rings. The highest BCUT2D eigenvalue weighted by Gasteiger charge is 2.21. The van der Waals surface area contributed by atoms with Crippen molar-refractivity contribution < 1.29 is 8.42 Å². The molecule has 1 aliphatic carbocycles. The Hall–Kier alpha value is -1.40. The molecule has 1 aliphatic rings. The predicted molar refractivity (Wildman–Crippen MR) is 90.1 cm³/mol. The predicted octanol–water partition coefficient (Wildman–Crippen LogP) is 3.83. The number of hydrogen-bond acceptors (Lipinski definition) is 4. The van der Waals surface area contributed by atoms with Gasteiger partial charge in [-0.1, -0.05) is 18.6 Å². The lowest BCUT2D eigenvalue weighted by Gasteiger charge is -2.09. The van der Waals surface area contributed by atoms with Gasteiger partial charge in [-0.15, -0.1) is 11.3 Å². The molecule has 1 aromatic heterocycles. The van der Waals surface area contributed by atoms with E-state index in [2.05, 4.69) is 9.71 Å². The fourth-order valence-corrected chi connectivity index (χ4v) is 5.35. The molecule has 4 nitrogen and oxygen atoms in total. The zero-order valence-corrected chi connectivity index (χ0v) is 14.5. The van der Waals surface area contributed by atoms with E-state index in [1.807, 2.05) is 26.0 Å². The molecule has 0 atom stereocenters. The van der Waals surface area contributed by atoms with Crippen molar-refractivity contribution in [3.05, 3.63) is 39.9 Å². The number of benzene rings is 1. The summed E-state index contributed by atoms with van der Waals surface area (Å²) in [6.07, 6.45) is 5.50. The van der Waals surface area contributed by atoms with E-state index in [0.717, 1.165) is 36.1 Å². The number of nitrogens with zero attached hydrogens (tertiary/aromatic N) is 1. The Kier molecular flexibility index (Phi) is 4.23. The fourth-order valence-electron chi connectivity index (χ4n) is 2.74. The van der Waals surface area contributed by atoms with Crippen molar-refractivity contribution in [2.75, 3.05) is 4.72 Å². The normalized spacial score (nSPS) is 15.2. The summed E-state index contributed by atoms with van der Waals surface area (Å²) >= 11 is 1.48. The van der Waals surface area contributed by atoms with Gasteiger partial charge < -0.3 is 0 Å². The zero-order valence-electron chi connectivity index (χ0n) is 12.8. The third kappa shape index (κ3) is 3.17. The number of fused-ring (bicyclic) bond motifs is 1. The van der Waals surface area contributed by atoms with Crippen molar-refractivity contribution in [1.82, 2.24) is 4.98 Å². The van der Waals surface area contributed by atoms with Crippen molar-refractivity contribution in [2.24, 2.45) is 0 Å². The van der Waals surface area contributed by atoms with Crippen molar-refractivity contribution >= 4 is 26.5 Å². The molecule has 118 valence electrons. The van der Waals surface area contributed by atoms with Crippen LogP contribution in [-0.4, -0.2) is 13.4 Å². The van der Waals surface area contributed by atoms with Gasteiger partial charge >= 0.3 is 0 Å². The fraction of sp³-hybridized carbons (Fsp3) is 0.438. The maximum Gasteiger partial charge on any atom is 0.263 e. The second-order valence-electron chi connectivity index (χ2n) is 5.82. The highest BCUT2D eigenvalue weighted by molar-refractivity contribution is 7.93. The first-order chi connectivity index (χ1) is 10.5. The molecule has 0 bridgehead atoms. The molecule has 0 radical (unpaired) electrons. The summed E-state index contributed by atoms with van der Waals surface area (Å²) in [7, 11) is -3.58. The Balaban J connectivity index is 1.90. The van der Waals surface area contributed by atoms with Gasteiger partial charge in [0.1, 0.15) is 0 Å². The molecule has 0 saturated heterocycles. The summed E-state index contributed by atoms with van der Waals surface area (Å²) < 4.78 is 27.9. The van der Waals surface area contributed by atoms with Crippen LogP contribution in [0.25, 0.3) is 0 Å². The molecule has 1 aromatic carbocycles. The van der Waals surface area contributed by atoms with Crippen LogP contribution in [0.3, 0.4) is 0 Å². The number of thiazole rings is 1. The van der Waals surface area contributed by atoms with Gasteiger partial charge in [-0.3, -0.25) is 4.72 Å². The smallest absolute Gasteiger partial charge is 0.255 e. The Morgan fingerprint density at radius 2 is 1.91 bits per heavy atom. The van der Waals surface area contributed by atoms with Crippen LogP contribution < -0.4 is 4.72 Å². The van der Waals surface area contributed by atoms with E-state index in [1.165, 1.54) is 29.1 Å². The van der Waals surface area contributed by atoms with Crippen LogP contribution in [0.2, 0.25) is 0 Å². The van der Waals surface area contributed by atoms with Crippen LogP contribution in [0.4, 0.5) is 5.13 Å². The van der Waals surface area contributed by atoms with E-state index in [4.69, 9.17) is 0 Å². The minimum absolute atomic E-state index is 0.331. The number of hydrogen-bond donors (Lipinski definition) is 1. The Labute approximate surface area is 135 Å². The average molecular weight is 336 g/mol. The SMILES string of the molecule is Cc1ccc(C)c(S(=O)(=O)Nc2nc3c(s2)CCCCC3)c1. The topological polar surface area (TPSA) is 59.1 Å². The molecular weight excluding hydrogens is 316 g/mol. The van der Waals surface area contributed by atoms with E-state index in [9.17, 15) is 8.42 Å². The number of rotatable bonds is 3. The van der Waals surface area contributed by atoms with Gasteiger partial charge in [-0.25, -0.2) is 13.4 Å². The zero-order chi connectivity index (χ0) is 15.7. The lowest BCUT2D eigenvalue weighted by molar-refractivity contribution is 0.600. The van der Waals surface area contributed by atoms with Crippen LogP contribution in [0.5, 0.6) is 0 Å². The van der Waals surface area contributed by atoms with E-state index < -0.39 is 10.0 Å². The number of nitrogens with one attached hydrogen (secondary N) is 1. The maximum absolute atomic E-state index is 12.6. The summed E-state index contributed by atoms with van der Waals surface area (Å²) in [5, 5.41) is 0.493. The lowest BCUT2D eigenvalue weighted by Crippen LogP contribution is -2.14. The monoisotopic (exact) mass is 336 g/mol. The highest BCUT2D eigenvalue weighted by Crippen LogP contribution is 2.30. The van der Waals surface area contributed by atoms with Gasteiger partial charge in [0.2, 0.25) is 0 Å². The summed E-state index contributed by atoms with van der Waals surface area (Å²) in [5.41, 5.74) is 2.75. The second kappa shape index (κ2) is 6.01. The van der Waals surface area contributed by atoms with Crippen molar-refractivity contribution in [1.29, 1.82) is 0 Å². The summed E-state index contributed by atoms with van der Waals surface area (Å²) in [4.78, 5) is 6.07. The molecular formula is C16H20N2O2S2. The van der Waals surface area contributed by atoms with Gasteiger partial charge in [0.25, 0.3) is 10.0 Å². The largest absolute Gasteiger partial charge is 0.263 e. The van der Waals surface area contributed by atoms with E-state index in [-0.39, 0.29) is 0 Å². The first-order valence-corrected chi connectivity index (χ1v) is 9.84. The molecule has 0 amide bonds. The Morgan fingerprint density at radius 3 is 2.73 bits per heavy atom. The van der Waals surface area contributed by atoms with Gasteiger partial charge in [0.15, 0.2) is 5.13 Å². The van der Waals surface area contributed by atoms with Crippen LogP contribution in [0, 0.1) is 13.8 Å². The van der Waals surface area contributed by atoms with E-state index >= 15 is 0 Å². The summed E-state index contributed by atoms with van der Waals surface area (Å²) in [6, 6.07) is 5.46. The minimum atomic E-state index is -3.58.